The van der Waals surface area contributed by atoms with E-state index in [1.165, 1.54) is 0 Å². The molecule has 2 aromatic carbocycles. The van der Waals surface area contributed by atoms with E-state index in [9.17, 15) is 4.79 Å². The Labute approximate surface area is 167 Å². The van der Waals surface area contributed by atoms with Gasteiger partial charge in [-0.1, -0.05) is 60.7 Å². The zero-order chi connectivity index (χ0) is 19.7. The number of ether oxygens (including phenoxy) is 3. The predicted molar refractivity (Wildman–Crippen MR) is 108 cm³/mol. The fourth-order valence-electron chi connectivity index (χ4n) is 3.45. The van der Waals surface area contributed by atoms with Crippen LogP contribution in [-0.2, 0) is 32.0 Å². The van der Waals surface area contributed by atoms with Gasteiger partial charge in [-0.2, -0.15) is 0 Å². The first kappa shape index (κ1) is 20.5. The molecule has 1 fully saturated rings. The van der Waals surface area contributed by atoms with Gasteiger partial charge in [-0.25, -0.2) is 0 Å². The number of carbonyl (C=O) groups excluding carboxylic acids is 1. The summed E-state index contributed by atoms with van der Waals surface area (Å²) >= 11 is 0. The van der Waals surface area contributed by atoms with Crippen molar-refractivity contribution in [2.24, 2.45) is 0 Å². The smallest absolute Gasteiger partial charge is 0.310 e. The van der Waals surface area contributed by atoms with Crippen molar-refractivity contribution >= 4 is 5.97 Å². The number of nitrogens with zero attached hydrogens (tertiary/aromatic N) is 1. The summed E-state index contributed by atoms with van der Waals surface area (Å²) in [5, 5.41) is 0. The van der Waals surface area contributed by atoms with E-state index >= 15 is 0 Å². The van der Waals surface area contributed by atoms with Crippen molar-refractivity contribution in [2.45, 2.75) is 19.1 Å². The fourth-order valence-corrected chi connectivity index (χ4v) is 3.45. The quantitative estimate of drug-likeness (QED) is 0.493. The van der Waals surface area contributed by atoms with Crippen LogP contribution in [0.15, 0.2) is 60.7 Å². The summed E-state index contributed by atoms with van der Waals surface area (Å²) < 4.78 is 18.1. The molecule has 0 radical (unpaired) electrons. The van der Waals surface area contributed by atoms with E-state index in [2.05, 4.69) is 7.05 Å². The summed E-state index contributed by atoms with van der Waals surface area (Å²) in [6.45, 7) is 4.97. The highest BCUT2D eigenvalue weighted by atomic mass is 16.6. The number of hydrogen-bond donors (Lipinski definition) is 0. The first-order valence-corrected chi connectivity index (χ1v) is 9.89. The van der Waals surface area contributed by atoms with Crippen LogP contribution in [0.4, 0.5) is 0 Å². The predicted octanol–water partition coefficient (Wildman–Crippen LogP) is 2.83. The highest BCUT2D eigenvalue weighted by molar-refractivity contribution is 5.72. The summed E-state index contributed by atoms with van der Waals surface area (Å²) in [6, 6.07) is 19.7. The van der Waals surface area contributed by atoms with Gasteiger partial charge in [0.05, 0.1) is 39.9 Å². The molecule has 1 atom stereocenters. The van der Waals surface area contributed by atoms with E-state index in [4.69, 9.17) is 14.2 Å². The Morgan fingerprint density at radius 2 is 1.61 bits per heavy atom. The number of carbonyl (C=O) groups is 1. The number of esters is 1. The maximum absolute atomic E-state index is 12.5. The summed E-state index contributed by atoms with van der Waals surface area (Å²) in [4.78, 5) is 12.5. The van der Waals surface area contributed by atoms with Crippen LogP contribution in [0.3, 0.4) is 0 Å². The van der Waals surface area contributed by atoms with Gasteiger partial charge in [0.15, 0.2) is 6.10 Å². The Hall–Kier alpha value is -2.21. The number of likely N-dealkylation sites (N-methyl/N-ethyl adjacent to an activating group) is 1. The van der Waals surface area contributed by atoms with Crippen LogP contribution in [0.5, 0.6) is 0 Å². The second-order valence-electron chi connectivity index (χ2n) is 7.64. The second-order valence-corrected chi connectivity index (χ2v) is 7.64. The molecule has 2 aromatic rings. The average molecular weight is 384 g/mol. The molecule has 0 saturated carbocycles. The van der Waals surface area contributed by atoms with Crippen molar-refractivity contribution in [3.63, 3.8) is 0 Å². The third kappa shape index (κ3) is 6.75. The molecule has 3 rings (SSSR count). The molecule has 150 valence electrons. The van der Waals surface area contributed by atoms with Crippen LogP contribution in [0.1, 0.15) is 11.1 Å². The largest absolute Gasteiger partial charge is 0.454 e. The molecular weight excluding hydrogens is 354 g/mol. The minimum absolute atomic E-state index is 0.209. The standard InChI is InChI=1S/C23H30NO4/c1-24(12-14-26-15-13-24)17-22(19-27-18-21-10-6-3-7-11-21)28-23(25)16-20-8-4-2-5-9-20/h2-11,22H,12-19H2,1H3/q+1/t22-/m1/s1. The highest BCUT2D eigenvalue weighted by Crippen LogP contribution is 2.13. The molecule has 28 heavy (non-hydrogen) atoms. The fraction of sp³-hybridized carbons (Fsp3) is 0.435. The number of hydrogen-bond acceptors (Lipinski definition) is 4. The van der Waals surface area contributed by atoms with Crippen LogP contribution < -0.4 is 0 Å². The Morgan fingerprint density at radius 1 is 1.00 bits per heavy atom. The van der Waals surface area contributed by atoms with Gasteiger partial charge in [0, 0.05) is 0 Å². The van der Waals surface area contributed by atoms with E-state index in [1.807, 2.05) is 60.7 Å². The van der Waals surface area contributed by atoms with Crippen molar-refractivity contribution in [1.82, 2.24) is 0 Å². The van der Waals surface area contributed by atoms with Crippen LogP contribution in [0.25, 0.3) is 0 Å². The molecule has 0 N–H and O–H groups in total. The molecule has 0 spiro atoms. The van der Waals surface area contributed by atoms with Crippen LogP contribution in [0, 0.1) is 0 Å². The van der Waals surface area contributed by atoms with Crippen LogP contribution in [0.2, 0.25) is 0 Å². The zero-order valence-corrected chi connectivity index (χ0v) is 16.6. The molecule has 0 aromatic heterocycles. The van der Waals surface area contributed by atoms with Crippen molar-refractivity contribution < 1.29 is 23.5 Å². The number of benzene rings is 2. The van der Waals surface area contributed by atoms with Crippen molar-refractivity contribution in [3.8, 4) is 0 Å². The van der Waals surface area contributed by atoms with Gasteiger partial charge in [-0.05, 0) is 11.1 Å². The minimum atomic E-state index is -0.275. The van der Waals surface area contributed by atoms with E-state index in [1.54, 1.807) is 0 Å². The molecule has 1 heterocycles. The maximum Gasteiger partial charge on any atom is 0.310 e. The summed E-state index contributed by atoms with van der Waals surface area (Å²) in [7, 11) is 2.19. The van der Waals surface area contributed by atoms with Crippen molar-refractivity contribution in [1.29, 1.82) is 0 Å². The normalized spacial score (nSPS) is 17.0. The topological polar surface area (TPSA) is 44.8 Å². The lowest BCUT2D eigenvalue weighted by Gasteiger charge is -2.39. The lowest BCUT2D eigenvalue weighted by Crippen LogP contribution is -2.56. The number of rotatable bonds is 9. The lowest BCUT2D eigenvalue weighted by molar-refractivity contribution is -0.919. The van der Waals surface area contributed by atoms with E-state index in [0.29, 0.717) is 13.2 Å². The average Bonchev–Trinajstić information content (AvgIpc) is 2.69. The Kier molecular flexibility index (Phi) is 7.60. The van der Waals surface area contributed by atoms with Crippen LogP contribution in [-0.4, -0.2) is 63.1 Å². The van der Waals surface area contributed by atoms with Crippen molar-refractivity contribution in [3.05, 3.63) is 71.8 Å². The SMILES string of the molecule is C[N+]1(C[C@H](COCc2ccccc2)OC(=O)Cc2ccccc2)CCOCC1. The van der Waals surface area contributed by atoms with E-state index in [-0.39, 0.29) is 18.5 Å². The molecule has 0 aliphatic carbocycles. The molecule has 0 unspecified atom stereocenters. The van der Waals surface area contributed by atoms with Gasteiger partial charge in [0.25, 0.3) is 0 Å². The van der Waals surface area contributed by atoms with Gasteiger partial charge in [-0.3, -0.25) is 4.79 Å². The third-order valence-corrected chi connectivity index (χ3v) is 5.10. The molecule has 0 bridgehead atoms. The number of morpholine rings is 1. The molecule has 1 saturated heterocycles. The van der Waals surface area contributed by atoms with E-state index < -0.39 is 0 Å². The molecule has 1 aliphatic rings. The Morgan fingerprint density at radius 3 is 2.25 bits per heavy atom. The Bertz CT molecular complexity index is 714. The summed E-state index contributed by atoms with van der Waals surface area (Å²) in [5.41, 5.74) is 2.08. The second kappa shape index (κ2) is 10.4. The van der Waals surface area contributed by atoms with Crippen LogP contribution >= 0.6 is 0 Å². The van der Waals surface area contributed by atoms with Gasteiger partial charge < -0.3 is 18.7 Å². The lowest BCUT2D eigenvalue weighted by atomic mass is 10.1. The first-order valence-electron chi connectivity index (χ1n) is 9.89. The highest BCUT2D eigenvalue weighted by Gasteiger charge is 2.31. The maximum atomic E-state index is 12.5. The van der Waals surface area contributed by atoms with Crippen molar-refractivity contribution in [2.75, 3.05) is 46.5 Å². The van der Waals surface area contributed by atoms with Gasteiger partial charge in [0.1, 0.15) is 19.6 Å². The molecular formula is C23H30NO4+. The molecule has 1 aliphatic heterocycles. The summed E-state index contributed by atoms with van der Waals surface area (Å²) in [5.74, 6) is -0.209. The van der Waals surface area contributed by atoms with E-state index in [0.717, 1.165) is 48.5 Å². The molecule has 0 amide bonds. The van der Waals surface area contributed by atoms with Gasteiger partial charge in [0.2, 0.25) is 0 Å². The third-order valence-electron chi connectivity index (χ3n) is 5.10. The van der Waals surface area contributed by atoms with Gasteiger partial charge in [-0.15, -0.1) is 0 Å². The Balaban J connectivity index is 1.57. The molecule has 5 heteroatoms. The molecule has 5 nitrogen and oxygen atoms in total. The first-order chi connectivity index (χ1) is 13.6. The number of quaternary nitrogens is 1. The monoisotopic (exact) mass is 384 g/mol. The zero-order valence-electron chi connectivity index (χ0n) is 16.6. The van der Waals surface area contributed by atoms with Gasteiger partial charge >= 0.3 is 5.97 Å². The summed E-state index contributed by atoms with van der Waals surface area (Å²) in [6.07, 6.45) is 0.00563. The minimum Gasteiger partial charge on any atom is -0.454 e.